The average Bonchev–Trinajstić information content (AvgIpc) is 2.74. The van der Waals surface area contributed by atoms with E-state index >= 15 is 0 Å². The summed E-state index contributed by atoms with van der Waals surface area (Å²) in [5.74, 6) is 3.12. The van der Waals surface area contributed by atoms with E-state index < -0.39 is 0 Å². The van der Waals surface area contributed by atoms with Gasteiger partial charge in [-0.15, -0.1) is 0 Å². The Kier molecular flexibility index (Phi) is 7.61. The summed E-state index contributed by atoms with van der Waals surface area (Å²) < 4.78 is 22.5. The smallest absolute Gasteiger partial charge is 0.203 e. The van der Waals surface area contributed by atoms with Gasteiger partial charge in [0.25, 0.3) is 0 Å². The number of rotatable bonds is 9. The molecule has 3 rings (SSSR count). The number of hydrogen-bond acceptors (Lipinski definition) is 4. The highest BCUT2D eigenvalue weighted by atomic mass is 16.5. The molecule has 0 aromatic heterocycles. The van der Waals surface area contributed by atoms with Gasteiger partial charge in [-0.3, -0.25) is 0 Å². The van der Waals surface area contributed by atoms with E-state index in [1.54, 1.807) is 31.1 Å². The number of nitrogens with one attached hydrogen (secondary N) is 2. The first-order valence-electron chi connectivity index (χ1n) is 10.3. The molecule has 1 heterocycles. The zero-order valence-corrected chi connectivity index (χ0v) is 18.0. The van der Waals surface area contributed by atoms with Crippen LogP contribution in [0.2, 0.25) is 0 Å². The van der Waals surface area contributed by atoms with Crippen molar-refractivity contribution in [1.82, 2.24) is 0 Å². The topological polar surface area (TPSA) is 45.8 Å². The zero-order chi connectivity index (χ0) is 20.6. The Morgan fingerprint density at radius 2 is 1.55 bits per heavy atom. The number of benzene rings is 2. The zero-order valence-electron chi connectivity index (χ0n) is 18.0. The van der Waals surface area contributed by atoms with E-state index in [0.717, 1.165) is 62.9 Å². The highest BCUT2D eigenvalue weighted by molar-refractivity contribution is 5.55. The van der Waals surface area contributed by atoms with Crippen LogP contribution >= 0.6 is 0 Å². The van der Waals surface area contributed by atoms with Crippen LogP contribution in [-0.2, 0) is 6.54 Å². The minimum Gasteiger partial charge on any atom is -0.493 e. The number of aryl methyl sites for hydroxylation is 1. The van der Waals surface area contributed by atoms with Gasteiger partial charge in [-0.1, -0.05) is 12.1 Å². The Labute approximate surface area is 173 Å². The molecule has 6 nitrogen and oxygen atoms in total. The van der Waals surface area contributed by atoms with Gasteiger partial charge >= 0.3 is 0 Å². The largest absolute Gasteiger partial charge is 0.493 e. The van der Waals surface area contributed by atoms with Crippen molar-refractivity contribution in [1.29, 1.82) is 0 Å². The van der Waals surface area contributed by atoms with Gasteiger partial charge in [-0.2, -0.15) is 0 Å². The highest BCUT2D eigenvalue weighted by Gasteiger charge is 2.25. The quantitative estimate of drug-likeness (QED) is 0.637. The van der Waals surface area contributed by atoms with Gasteiger partial charge in [0.05, 0.1) is 26.9 Å². The van der Waals surface area contributed by atoms with E-state index in [1.807, 2.05) is 18.2 Å². The lowest BCUT2D eigenvalue weighted by Gasteiger charge is -2.30. The third-order valence-electron chi connectivity index (χ3n) is 5.60. The molecule has 0 amide bonds. The van der Waals surface area contributed by atoms with E-state index in [0.29, 0.717) is 11.5 Å². The third-order valence-corrected chi connectivity index (χ3v) is 5.60. The maximum Gasteiger partial charge on any atom is 0.203 e. The second-order valence-corrected chi connectivity index (χ2v) is 7.59. The van der Waals surface area contributed by atoms with Crippen molar-refractivity contribution in [2.24, 2.45) is 0 Å². The van der Waals surface area contributed by atoms with Gasteiger partial charge in [0, 0.05) is 0 Å². The summed E-state index contributed by atoms with van der Waals surface area (Å²) in [7, 11) is 4.98. The molecule has 29 heavy (non-hydrogen) atoms. The SMILES string of the molecule is COc1ccc(C[NH+]2CC[NH+](CCOc3cccc(C)c3)CC2)c(OC)c1OC. The minimum atomic E-state index is 0.671. The summed E-state index contributed by atoms with van der Waals surface area (Å²) >= 11 is 0. The lowest BCUT2D eigenvalue weighted by Crippen LogP contribution is -3.27. The maximum absolute atomic E-state index is 5.92. The first-order chi connectivity index (χ1) is 14.1. The molecule has 0 saturated carbocycles. The van der Waals surface area contributed by atoms with Crippen molar-refractivity contribution in [3.05, 3.63) is 47.5 Å². The summed E-state index contributed by atoms with van der Waals surface area (Å²) in [6.45, 7) is 9.40. The molecule has 0 atom stereocenters. The number of piperazine rings is 1. The van der Waals surface area contributed by atoms with Crippen LogP contribution < -0.4 is 28.7 Å². The number of quaternary nitrogens is 2. The fraction of sp³-hybridized carbons (Fsp3) is 0.478. The lowest BCUT2D eigenvalue weighted by atomic mass is 10.1. The van der Waals surface area contributed by atoms with Crippen LogP contribution in [0.25, 0.3) is 0 Å². The van der Waals surface area contributed by atoms with E-state index in [2.05, 4.69) is 25.1 Å². The Hall–Kier alpha value is -2.44. The molecule has 0 unspecified atom stereocenters. The molecule has 0 bridgehead atoms. The van der Waals surface area contributed by atoms with Gasteiger partial charge < -0.3 is 28.7 Å². The molecular formula is C23H34N2O4+2. The number of ether oxygens (including phenoxy) is 4. The van der Waals surface area contributed by atoms with Gasteiger partial charge in [0.2, 0.25) is 5.75 Å². The summed E-state index contributed by atoms with van der Waals surface area (Å²) in [6.07, 6.45) is 0. The molecule has 0 radical (unpaired) electrons. The number of hydrogen-bond donors (Lipinski definition) is 2. The van der Waals surface area contributed by atoms with Crippen LogP contribution in [-0.4, -0.2) is 60.7 Å². The van der Waals surface area contributed by atoms with Crippen molar-refractivity contribution in [2.75, 3.05) is 60.7 Å². The second kappa shape index (κ2) is 10.4. The van der Waals surface area contributed by atoms with Crippen LogP contribution in [0.5, 0.6) is 23.0 Å². The minimum absolute atomic E-state index is 0.671. The fourth-order valence-electron chi connectivity index (χ4n) is 3.97. The highest BCUT2D eigenvalue weighted by Crippen LogP contribution is 2.39. The molecule has 158 valence electrons. The third kappa shape index (κ3) is 5.55. The molecular weight excluding hydrogens is 368 g/mol. The average molecular weight is 403 g/mol. The first-order valence-corrected chi connectivity index (χ1v) is 10.3. The van der Waals surface area contributed by atoms with Crippen LogP contribution in [0.1, 0.15) is 11.1 Å². The van der Waals surface area contributed by atoms with Gasteiger partial charge in [0.1, 0.15) is 51.6 Å². The lowest BCUT2D eigenvalue weighted by molar-refractivity contribution is -1.02. The molecule has 1 aliphatic rings. The molecule has 0 aliphatic carbocycles. The van der Waals surface area contributed by atoms with Crippen LogP contribution in [0.4, 0.5) is 0 Å². The van der Waals surface area contributed by atoms with Gasteiger partial charge in [0.15, 0.2) is 11.5 Å². The van der Waals surface area contributed by atoms with E-state index in [-0.39, 0.29) is 0 Å². The fourth-order valence-corrected chi connectivity index (χ4v) is 3.97. The summed E-state index contributed by atoms with van der Waals surface area (Å²) in [5.41, 5.74) is 2.39. The van der Waals surface area contributed by atoms with E-state index in [1.165, 1.54) is 5.56 Å². The molecule has 1 saturated heterocycles. The Morgan fingerprint density at radius 1 is 0.828 bits per heavy atom. The molecule has 0 spiro atoms. The van der Waals surface area contributed by atoms with Crippen molar-refractivity contribution in [3.8, 4) is 23.0 Å². The van der Waals surface area contributed by atoms with Crippen LogP contribution in [0, 0.1) is 6.92 Å². The molecule has 2 aromatic rings. The van der Waals surface area contributed by atoms with Crippen LogP contribution in [0.15, 0.2) is 36.4 Å². The molecule has 1 aliphatic heterocycles. The summed E-state index contributed by atoms with van der Waals surface area (Å²) in [4.78, 5) is 3.18. The standard InChI is InChI=1S/C23H32N2O4/c1-18-6-5-7-20(16-18)29-15-14-24-10-12-25(13-11-24)17-19-8-9-21(26-2)23(28-4)22(19)27-3/h5-9,16H,10-15,17H2,1-4H3/p+2. The van der Waals surface area contributed by atoms with E-state index in [9.17, 15) is 0 Å². The van der Waals surface area contributed by atoms with Crippen molar-refractivity contribution < 1.29 is 28.7 Å². The van der Waals surface area contributed by atoms with Crippen molar-refractivity contribution >= 4 is 0 Å². The Balaban J connectivity index is 1.48. The molecule has 6 heteroatoms. The van der Waals surface area contributed by atoms with Gasteiger partial charge in [-0.05, 0) is 36.8 Å². The Morgan fingerprint density at radius 3 is 2.21 bits per heavy atom. The molecule has 2 N–H and O–H groups in total. The first kappa shape index (κ1) is 21.3. The summed E-state index contributed by atoms with van der Waals surface area (Å²) in [5, 5.41) is 0. The van der Waals surface area contributed by atoms with Crippen molar-refractivity contribution in [3.63, 3.8) is 0 Å². The van der Waals surface area contributed by atoms with Crippen LogP contribution in [0.3, 0.4) is 0 Å². The Bertz CT molecular complexity index is 788. The number of methoxy groups -OCH3 is 3. The normalized spacial score (nSPS) is 18.9. The molecule has 2 aromatic carbocycles. The second-order valence-electron chi connectivity index (χ2n) is 7.59. The van der Waals surface area contributed by atoms with Crippen molar-refractivity contribution in [2.45, 2.75) is 13.5 Å². The summed E-state index contributed by atoms with van der Waals surface area (Å²) in [6, 6.07) is 12.3. The predicted molar refractivity (Wildman–Crippen MR) is 113 cm³/mol. The monoisotopic (exact) mass is 402 g/mol. The maximum atomic E-state index is 5.92. The predicted octanol–water partition coefficient (Wildman–Crippen LogP) is 0.383. The molecule has 1 fully saturated rings. The van der Waals surface area contributed by atoms with E-state index in [4.69, 9.17) is 18.9 Å². The van der Waals surface area contributed by atoms with Gasteiger partial charge in [-0.25, -0.2) is 0 Å².